The van der Waals surface area contributed by atoms with Gasteiger partial charge in [0.15, 0.2) is 11.9 Å². The van der Waals surface area contributed by atoms with Crippen molar-refractivity contribution in [1.82, 2.24) is 4.90 Å². The summed E-state index contributed by atoms with van der Waals surface area (Å²) in [5.41, 5.74) is 0.832. The largest absolute Gasteiger partial charge is 0.492 e. The molecule has 7 nitrogen and oxygen atoms in total. The molecule has 0 aliphatic rings. The summed E-state index contributed by atoms with van der Waals surface area (Å²) in [4.78, 5) is 25.8. The molecule has 0 heterocycles. The average molecular weight is 573 g/mol. The third-order valence-electron chi connectivity index (χ3n) is 5.36. The number of thioether (sulfide) groups is 1. The Labute approximate surface area is 233 Å². The number of nitrogens with zero attached hydrogens (tertiary/aromatic N) is 1. The van der Waals surface area contributed by atoms with E-state index in [1.54, 1.807) is 47.9 Å². The minimum absolute atomic E-state index is 0.250. The van der Waals surface area contributed by atoms with Gasteiger partial charge < -0.3 is 24.2 Å². The predicted molar refractivity (Wildman–Crippen MR) is 150 cm³/mol. The molecule has 0 spiro atoms. The van der Waals surface area contributed by atoms with E-state index in [1.807, 2.05) is 12.1 Å². The molecule has 2 aromatic rings. The zero-order valence-corrected chi connectivity index (χ0v) is 23.6. The molecule has 0 aliphatic carbocycles. The second kappa shape index (κ2) is 17.4. The van der Waals surface area contributed by atoms with E-state index >= 15 is 0 Å². The van der Waals surface area contributed by atoms with Crippen LogP contribution in [0.4, 0.5) is 4.79 Å². The van der Waals surface area contributed by atoms with Gasteiger partial charge >= 0.3 is 12.1 Å². The molecular formula is C27H35Cl2NO6S. The van der Waals surface area contributed by atoms with Crippen LogP contribution in [-0.2, 0) is 16.0 Å². The van der Waals surface area contributed by atoms with Crippen LogP contribution in [0.1, 0.15) is 38.7 Å². The Bertz CT molecular complexity index is 976. The van der Waals surface area contributed by atoms with Crippen LogP contribution in [0.3, 0.4) is 0 Å². The lowest BCUT2D eigenvalue weighted by Crippen LogP contribution is -2.38. The molecule has 0 bridgehead atoms. The number of carboxylic acid groups (broad SMARTS) is 1. The Morgan fingerprint density at radius 1 is 1.03 bits per heavy atom. The number of unbranched alkanes of at least 4 members (excludes halogenated alkanes) is 2. The Kier molecular flexibility index (Phi) is 14.6. The fraction of sp³-hybridized carbons (Fsp3) is 0.481. The first kappa shape index (κ1) is 31.1. The summed E-state index contributed by atoms with van der Waals surface area (Å²) in [5.74, 6) is 1.72. The van der Waals surface area contributed by atoms with Crippen molar-refractivity contribution < 1.29 is 28.9 Å². The van der Waals surface area contributed by atoms with Gasteiger partial charge in [-0.3, -0.25) is 0 Å². The van der Waals surface area contributed by atoms with Crippen LogP contribution < -0.4 is 9.47 Å². The number of hydrogen-bond acceptors (Lipinski definition) is 6. The number of hydrogen-bond donors (Lipinski definition) is 1. The molecule has 0 radical (unpaired) electrons. The van der Waals surface area contributed by atoms with E-state index in [9.17, 15) is 14.7 Å². The normalized spacial score (nSPS) is 11.7. The van der Waals surface area contributed by atoms with Crippen molar-refractivity contribution in [2.24, 2.45) is 0 Å². The predicted octanol–water partition coefficient (Wildman–Crippen LogP) is 6.83. The maximum atomic E-state index is 12.9. The topological polar surface area (TPSA) is 85.3 Å². The minimum Gasteiger partial charge on any atom is -0.492 e. The maximum Gasteiger partial charge on any atom is 0.415 e. The van der Waals surface area contributed by atoms with Crippen LogP contribution in [0.15, 0.2) is 42.5 Å². The summed E-state index contributed by atoms with van der Waals surface area (Å²) in [5, 5.41) is 9.99. The van der Waals surface area contributed by atoms with Crippen molar-refractivity contribution in [3.8, 4) is 11.5 Å². The summed E-state index contributed by atoms with van der Waals surface area (Å²) in [7, 11) is 0. The van der Waals surface area contributed by atoms with E-state index in [2.05, 4.69) is 6.92 Å². The maximum absolute atomic E-state index is 12.9. The highest BCUT2D eigenvalue weighted by atomic mass is 35.5. The fourth-order valence-corrected chi connectivity index (χ4v) is 4.78. The smallest absolute Gasteiger partial charge is 0.415 e. The second-order valence-electron chi connectivity index (χ2n) is 8.23. The number of benzene rings is 2. The van der Waals surface area contributed by atoms with Gasteiger partial charge in [0.25, 0.3) is 0 Å². The van der Waals surface area contributed by atoms with E-state index in [4.69, 9.17) is 37.4 Å². The molecule has 37 heavy (non-hydrogen) atoms. The van der Waals surface area contributed by atoms with E-state index in [1.165, 1.54) is 18.9 Å². The first-order valence-corrected chi connectivity index (χ1v) is 14.3. The van der Waals surface area contributed by atoms with Crippen molar-refractivity contribution in [2.75, 3.05) is 37.8 Å². The number of carbonyl (C=O) groups is 2. The zero-order valence-electron chi connectivity index (χ0n) is 21.3. The lowest BCUT2D eigenvalue weighted by Gasteiger charge is -2.22. The highest BCUT2D eigenvalue weighted by Crippen LogP contribution is 2.28. The number of rotatable bonds is 17. The number of halogens is 2. The van der Waals surface area contributed by atoms with Crippen LogP contribution in [0.5, 0.6) is 11.5 Å². The molecule has 10 heteroatoms. The molecule has 1 amide bonds. The highest BCUT2D eigenvalue weighted by Gasteiger charge is 2.19. The highest BCUT2D eigenvalue weighted by molar-refractivity contribution is 7.99. The number of aliphatic carboxylic acids is 1. The summed E-state index contributed by atoms with van der Waals surface area (Å²) in [6, 6.07) is 11.9. The standard InChI is InChI=1S/C27H35Cl2NO6S/c1-3-5-6-16-37-17-14-30(27(33)36-24-12-9-21(28)19-23(24)29)13-15-35-22-10-7-20(8-11-22)18-25(26(31)32)34-4-2/h7-12,19,25H,3-6,13-18H2,1-2H3,(H,31,32). The van der Waals surface area contributed by atoms with E-state index in [-0.39, 0.29) is 23.8 Å². The van der Waals surface area contributed by atoms with Crippen molar-refractivity contribution in [3.63, 3.8) is 0 Å². The minimum atomic E-state index is -0.988. The number of carbonyl (C=O) groups excluding carboxylic acids is 1. The molecule has 2 aromatic carbocycles. The summed E-state index contributed by atoms with van der Waals surface area (Å²) in [6.07, 6.45) is 2.41. The van der Waals surface area contributed by atoms with Crippen LogP contribution in [0, 0.1) is 0 Å². The molecular weight excluding hydrogens is 537 g/mol. The molecule has 0 aliphatic heterocycles. The first-order valence-electron chi connectivity index (χ1n) is 12.4. The van der Waals surface area contributed by atoms with E-state index in [0.29, 0.717) is 30.5 Å². The van der Waals surface area contributed by atoms with Crippen LogP contribution >= 0.6 is 35.0 Å². The molecule has 1 N–H and O–H groups in total. The molecule has 1 unspecified atom stereocenters. The Hall–Kier alpha value is -2.13. The quantitative estimate of drug-likeness (QED) is 0.208. The summed E-state index contributed by atoms with van der Waals surface area (Å²) in [6.45, 7) is 5.37. The van der Waals surface area contributed by atoms with Gasteiger partial charge in [0, 0.05) is 30.3 Å². The van der Waals surface area contributed by atoms with E-state index in [0.717, 1.165) is 23.5 Å². The Morgan fingerprint density at radius 2 is 1.78 bits per heavy atom. The third-order valence-corrected chi connectivity index (χ3v) is 6.94. The van der Waals surface area contributed by atoms with Gasteiger partial charge in [-0.15, -0.1) is 0 Å². The molecule has 0 aromatic heterocycles. The molecule has 1 atom stereocenters. The molecule has 2 rings (SSSR count). The lowest BCUT2D eigenvalue weighted by atomic mass is 10.1. The number of ether oxygens (including phenoxy) is 3. The third kappa shape index (κ3) is 11.9. The summed E-state index contributed by atoms with van der Waals surface area (Å²) >= 11 is 13.9. The van der Waals surface area contributed by atoms with Crippen molar-refractivity contribution in [1.29, 1.82) is 0 Å². The number of amides is 1. The van der Waals surface area contributed by atoms with Gasteiger partial charge in [0.1, 0.15) is 12.4 Å². The second-order valence-corrected chi connectivity index (χ2v) is 10.3. The number of carboxylic acids is 1. The van der Waals surface area contributed by atoms with Gasteiger partial charge in [-0.05, 0) is 55.0 Å². The van der Waals surface area contributed by atoms with Gasteiger partial charge in [-0.25, -0.2) is 9.59 Å². The van der Waals surface area contributed by atoms with Crippen molar-refractivity contribution in [3.05, 3.63) is 58.1 Å². The van der Waals surface area contributed by atoms with Crippen molar-refractivity contribution >= 4 is 47.0 Å². The van der Waals surface area contributed by atoms with Crippen LogP contribution in [0.2, 0.25) is 10.0 Å². The van der Waals surface area contributed by atoms with Gasteiger partial charge in [0.05, 0.1) is 11.6 Å². The van der Waals surface area contributed by atoms with Crippen molar-refractivity contribution in [2.45, 2.75) is 45.6 Å². The molecule has 0 fully saturated rings. The van der Waals surface area contributed by atoms with Crippen LogP contribution in [-0.4, -0.2) is 66.0 Å². The molecule has 0 saturated heterocycles. The van der Waals surface area contributed by atoms with E-state index < -0.39 is 18.2 Å². The van der Waals surface area contributed by atoms with Gasteiger partial charge in [0.2, 0.25) is 0 Å². The van der Waals surface area contributed by atoms with Gasteiger partial charge in [-0.1, -0.05) is 55.1 Å². The lowest BCUT2D eigenvalue weighted by molar-refractivity contribution is -0.149. The Morgan fingerprint density at radius 3 is 2.43 bits per heavy atom. The fourth-order valence-electron chi connectivity index (χ4n) is 3.37. The SMILES string of the molecule is CCCCCSCCN(CCOc1ccc(CC(OCC)C(=O)O)cc1)C(=O)Oc1ccc(Cl)cc1Cl. The summed E-state index contributed by atoms with van der Waals surface area (Å²) < 4.78 is 16.6. The monoisotopic (exact) mass is 571 g/mol. The van der Waals surface area contributed by atoms with Crippen LogP contribution in [0.25, 0.3) is 0 Å². The zero-order chi connectivity index (χ0) is 27.0. The molecule has 204 valence electrons. The Balaban J connectivity index is 1.92. The first-order chi connectivity index (χ1) is 17.8. The molecule has 0 saturated carbocycles. The van der Waals surface area contributed by atoms with Gasteiger partial charge in [-0.2, -0.15) is 11.8 Å². The average Bonchev–Trinajstić information content (AvgIpc) is 2.87.